The lowest BCUT2D eigenvalue weighted by Gasteiger charge is -2.05. The van der Waals surface area contributed by atoms with Gasteiger partial charge >= 0.3 is 0 Å². The first-order chi connectivity index (χ1) is 12.7. The van der Waals surface area contributed by atoms with Crippen LogP contribution in [0, 0.1) is 0 Å². The van der Waals surface area contributed by atoms with Crippen molar-refractivity contribution in [2.24, 2.45) is 0 Å². The third-order valence-electron chi connectivity index (χ3n) is 3.70. The van der Waals surface area contributed by atoms with Gasteiger partial charge in [-0.1, -0.05) is 6.92 Å². The third kappa shape index (κ3) is 4.65. The predicted molar refractivity (Wildman–Crippen MR) is 110 cm³/mol. The van der Waals surface area contributed by atoms with Crippen LogP contribution >= 0.6 is 23.1 Å². The number of benzene rings is 2. The summed E-state index contributed by atoms with van der Waals surface area (Å²) in [6.45, 7) is 2.79. The molecule has 1 amide bonds. The van der Waals surface area contributed by atoms with Crippen molar-refractivity contribution in [1.82, 2.24) is 4.98 Å². The Hall–Kier alpha value is -2.31. The number of hydrogen-bond acceptors (Lipinski definition) is 5. The summed E-state index contributed by atoms with van der Waals surface area (Å²) in [4.78, 5) is 18.0. The molecule has 0 spiro atoms. The smallest absolute Gasteiger partial charge is 0.257 e. The van der Waals surface area contributed by atoms with Crippen LogP contribution in [0.4, 0.5) is 5.13 Å². The number of nitrogens with zero attached hydrogens (tertiary/aromatic N) is 1. The van der Waals surface area contributed by atoms with E-state index in [-0.39, 0.29) is 5.91 Å². The number of amides is 1. The number of carbonyl (C=O) groups is 1. The summed E-state index contributed by atoms with van der Waals surface area (Å²) in [5.41, 5.74) is 2.46. The lowest BCUT2D eigenvalue weighted by atomic mass is 10.2. The Kier molecular flexibility index (Phi) is 6.30. The molecule has 1 aromatic heterocycles. The molecule has 1 N–H and O–H groups in total. The second-order valence-electron chi connectivity index (χ2n) is 5.59. The number of thioether (sulfide) groups is 1. The number of rotatable bonds is 7. The summed E-state index contributed by atoms with van der Waals surface area (Å²) in [6, 6.07) is 15.4. The SMILES string of the molecule is CCCOc1ccc(-c2csc(NC(=O)c3ccc(SC)cc3)n2)cc1. The van der Waals surface area contributed by atoms with Crippen molar-refractivity contribution < 1.29 is 9.53 Å². The van der Waals surface area contributed by atoms with E-state index >= 15 is 0 Å². The van der Waals surface area contributed by atoms with Crippen LogP contribution in [0.3, 0.4) is 0 Å². The first-order valence-corrected chi connectivity index (χ1v) is 10.4. The number of carbonyl (C=O) groups excluding carboxylic acids is 1. The summed E-state index contributed by atoms with van der Waals surface area (Å²) < 4.78 is 5.59. The molecule has 6 heteroatoms. The highest BCUT2D eigenvalue weighted by atomic mass is 32.2. The van der Waals surface area contributed by atoms with Gasteiger partial charge in [0.1, 0.15) is 5.75 Å². The number of thiazole rings is 1. The number of hydrogen-bond donors (Lipinski definition) is 1. The van der Waals surface area contributed by atoms with Gasteiger partial charge in [0, 0.05) is 21.4 Å². The van der Waals surface area contributed by atoms with Crippen LogP contribution in [0.15, 0.2) is 58.8 Å². The van der Waals surface area contributed by atoms with E-state index in [1.807, 2.05) is 60.2 Å². The number of nitrogens with one attached hydrogen (secondary N) is 1. The summed E-state index contributed by atoms with van der Waals surface area (Å²) >= 11 is 3.06. The average Bonchev–Trinajstić information content (AvgIpc) is 3.15. The molecular weight excluding hydrogens is 364 g/mol. The van der Waals surface area contributed by atoms with Gasteiger partial charge in [0.15, 0.2) is 5.13 Å². The van der Waals surface area contributed by atoms with E-state index in [2.05, 4.69) is 17.2 Å². The number of aromatic nitrogens is 1. The quantitative estimate of drug-likeness (QED) is 0.541. The Morgan fingerprint density at radius 2 is 1.88 bits per heavy atom. The third-order valence-corrected chi connectivity index (χ3v) is 5.20. The minimum absolute atomic E-state index is 0.151. The minimum Gasteiger partial charge on any atom is -0.494 e. The molecule has 0 aliphatic carbocycles. The van der Waals surface area contributed by atoms with Gasteiger partial charge in [0.25, 0.3) is 5.91 Å². The first-order valence-electron chi connectivity index (χ1n) is 8.33. The molecule has 3 aromatic rings. The van der Waals surface area contributed by atoms with Crippen LogP contribution in [0.1, 0.15) is 23.7 Å². The normalized spacial score (nSPS) is 10.5. The van der Waals surface area contributed by atoms with Crippen LogP contribution in [0.2, 0.25) is 0 Å². The average molecular weight is 385 g/mol. The van der Waals surface area contributed by atoms with Crippen LogP contribution < -0.4 is 10.1 Å². The Labute approximate surface area is 161 Å². The van der Waals surface area contributed by atoms with Crippen molar-refractivity contribution in [2.45, 2.75) is 18.2 Å². The standard InChI is InChI=1S/C20H20N2O2S2/c1-3-12-24-16-8-4-14(5-9-16)18-13-26-20(21-18)22-19(23)15-6-10-17(25-2)11-7-15/h4-11,13H,3,12H2,1-2H3,(H,21,22,23). The summed E-state index contributed by atoms with van der Waals surface area (Å²) in [5.74, 6) is 0.704. The lowest BCUT2D eigenvalue weighted by molar-refractivity contribution is 0.102. The van der Waals surface area contributed by atoms with Crippen molar-refractivity contribution >= 4 is 34.1 Å². The molecule has 0 aliphatic rings. The van der Waals surface area contributed by atoms with Crippen molar-refractivity contribution in [3.8, 4) is 17.0 Å². The number of ether oxygens (including phenoxy) is 1. The molecule has 0 fully saturated rings. The van der Waals surface area contributed by atoms with Crippen molar-refractivity contribution in [2.75, 3.05) is 18.2 Å². The van der Waals surface area contributed by atoms with E-state index in [4.69, 9.17) is 4.74 Å². The van der Waals surface area contributed by atoms with Gasteiger partial charge in [-0.2, -0.15) is 0 Å². The Balaban J connectivity index is 1.66. The van der Waals surface area contributed by atoms with Crippen molar-refractivity contribution in [3.05, 3.63) is 59.5 Å². The molecule has 26 heavy (non-hydrogen) atoms. The fourth-order valence-corrected chi connectivity index (χ4v) is 3.44. The molecule has 0 unspecified atom stereocenters. The maximum Gasteiger partial charge on any atom is 0.257 e. The highest BCUT2D eigenvalue weighted by molar-refractivity contribution is 7.98. The molecule has 0 bridgehead atoms. The van der Waals surface area contributed by atoms with Gasteiger partial charge in [0.05, 0.1) is 12.3 Å². The van der Waals surface area contributed by atoms with Gasteiger partial charge in [-0.3, -0.25) is 10.1 Å². The summed E-state index contributed by atoms with van der Waals surface area (Å²) in [7, 11) is 0. The molecule has 0 radical (unpaired) electrons. The topological polar surface area (TPSA) is 51.2 Å². The van der Waals surface area contributed by atoms with E-state index in [0.29, 0.717) is 17.3 Å². The Bertz CT molecular complexity index is 858. The number of anilines is 1. The van der Waals surface area contributed by atoms with Gasteiger partial charge in [-0.15, -0.1) is 23.1 Å². The largest absolute Gasteiger partial charge is 0.494 e. The lowest BCUT2D eigenvalue weighted by Crippen LogP contribution is -2.11. The van der Waals surface area contributed by atoms with Crippen LogP contribution in [-0.2, 0) is 0 Å². The molecule has 134 valence electrons. The molecule has 0 aliphatic heterocycles. The zero-order chi connectivity index (χ0) is 18.4. The molecule has 3 rings (SSSR count). The van der Waals surface area contributed by atoms with Crippen LogP contribution in [-0.4, -0.2) is 23.8 Å². The minimum atomic E-state index is -0.151. The van der Waals surface area contributed by atoms with E-state index in [1.54, 1.807) is 11.8 Å². The molecule has 0 saturated heterocycles. The first kappa shape index (κ1) is 18.5. The van der Waals surface area contributed by atoms with E-state index in [1.165, 1.54) is 11.3 Å². The summed E-state index contributed by atoms with van der Waals surface area (Å²) in [5, 5.41) is 5.39. The van der Waals surface area contributed by atoms with E-state index < -0.39 is 0 Å². The van der Waals surface area contributed by atoms with E-state index in [9.17, 15) is 4.79 Å². The zero-order valence-corrected chi connectivity index (χ0v) is 16.3. The van der Waals surface area contributed by atoms with Gasteiger partial charge in [0.2, 0.25) is 0 Å². The molecule has 4 nitrogen and oxygen atoms in total. The van der Waals surface area contributed by atoms with E-state index in [0.717, 1.165) is 28.3 Å². The second-order valence-corrected chi connectivity index (χ2v) is 7.33. The van der Waals surface area contributed by atoms with Crippen molar-refractivity contribution in [3.63, 3.8) is 0 Å². The zero-order valence-electron chi connectivity index (χ0n) is 14.7. The highest BCUT2D eigenvalue weighted by Gasteiger charge is 2.10. The van der Waals surface area contributed by atoms with Crippen LogP contribution in [0.5, 0.6) is 5.75 Å². The summed E-state index contributed by atoms with van der Waals surface area (Å²) in [6.07, 6.45) is 2.99. The van der Waals surface area contributed by atoms with Crippen LogP contribution in [0.25, 0.3) is 11.3 Å². The molecule has 0 atom stereocenters. The monoisotopic (exact) mass is 384 g/mol. The Morgan fingerprint density at radius 3 is 2.54 bits per heavy atom. The Morgan fingerprint density at radius 1 is 1.15 bits per heavy atom. The maximum atomic E-state index is 12.3. The predicted octanol–water partition coefficient (Wildman–Crippen LogP) is 5.57. The molecule has 0 saturated carbocycles. The molecule has 2 aromatic carbocycles. The second kappa shape index (κ2) is 8.87. The van der Waals surface area contributed by atoms with Crippen molar-refractivity contribution in [1.29, 1.82) is 0 Å². The molecule has 1 heterocycles. The van der Waals surface area contributed by atoms with Gasteiger partial charge in [-0.05, 0) is 61.2 Å². The maximum absolute atomic E-state index is 12.3. The van der Waals surface area contributed by atoms with Gasteiger partial charge < -0.3 is 4.74 Å². The van der Waals surface area contributed by atoms with Gasteiger partial charge in [-0.25, -0.2) is 4.98 Å². The fraction of sp³-hybridized carbons (Fsp3) is 0.200. The molecular formula is C20H20N2O2S2. The highest BCUT2D eigenvalue weighted by Crippen LogP contribution is 2.27. The fourth-order valence-electron chi connectivity index (χ4n) is 2.32.